The Morgan fingerprint density at radius 1 is 1.27 bits per heavy atom. The third-order valence-electron chi connectivity index (χ3n) is 4.36. The lowest BCUT2D eigenvalue weighted by molar-refractivity contribution is -0.122. The van der Waals surface area contributed by atoms with Crippen molar-refractivity contribution in [1.82, 2.24) is 5.32 Å². The highest BCUT2D eigenvalue weighted by atomic mass is 32.2. The van der Waals surface area contributed by atoms with Crippen LogP contribution in [-0.2, 0) is 4.79 Å². The molecule has 22 heavy (non-hydrogen) atoms. The van der Waals surface area contributed by atoms with Crippen LogP contribution >= 0.6 is 11.8 Å². The van der Waals surface area contributed by atoms with Crippen LogP contribution in [0.4, 0.5) is 0 Å². The van der Waals surface area contributed by atoms with E-state index in [1.165, 1.54) is 11.1 Å². The van der Waals surface area contributed by atoms with Gasteiger partial charge in [0.25, 0.3) is 0 Å². The van der Waals surface area contributed by atoms with Gasteiger partial charge in [0.05, 0.1) is 5.60 Å². The molecule has 122 valence electrons. The van der Waals surface area contributed by atoms with Gasteiger partial charge in [-0.2, -0.15) is 11.8 Å². The number of rotatable bonds is 6. The fourth-order valence-corrected chi connectivity index (χ4v) is 3.97. The molecule has 1 fully saturated rings. The van der Waals surface area contributed by atoms with Crippen molar-refractivity contribution < 1.29 is 9.90 Å². The number of thioether (sulfide) groups is 1. The van der Waals surface area contributed by atoms with Crippen LogP contribution in [0.5, 0.6) is 0 Å². The number of hydrogen-bond acceptors (Lipinski definition) is 3. The molecule has 1 aromatic carbocycles. The normalized spacial score (nSPS) is 22.8. The van der Waals surface area contributed by atoms with Crippen molar-refractivity contribution in [2.75, 3.05) is 18.1 Å². The van der Waals surface area contributed by atoms with E-state index in [4.69, 9.17) is 0 Å². The number of hydrogen-bond donors (Lipinski definition) is 2. The molecule has 2 unspecified atom stereocenters. The number of aliphatic hydroxyl groups is 1. The van der Waals surface area contributed by atoms with E-state index in [1.807, 2.05) is 0 Å². The lowest BCUT2D eigenvalue weighted by atomic mass is 9.94. The largest absolute Gasteiger partial charge is 0.387 e. The number of carbonyl (C=O) groups excluding carboxylic acids is 1. The second kappa shape index (κ2) is 7.51. The standard InChI is InChI=1S/C18H27NO2S/c1-13(2)15-4-6-16(7-5-15)14(3)10-17(20)19-11-18(21)8-9-22-12-18/h4-7,13-14,21H,8-12H2,1-3H3,(H,19,20). The molecule has 0 radical (unpaired) electrons. The summed E-state index contributed by atoms with van der Waals surface area (Å²) in [5.74, 6) is 2.43. The summed E-state index contributed by atoms with van der Waals surface area (Å²) in [4.78, 5) is 12.1. The van der Waals surface area contributed by atoms with Crippen LogP contribution in [-0.4, -0.2) is 34.7 Å². The molecule has 1 heterocycles. The monoisotopic (exact) mass is 321 g/mol. The fraction of sp³-hybridized carbons (Fsp3) is 0.611. The first-order valence-corrected chi connectivity index (χ1v) is 9.22. The van der Waals surface area contributed by atoms with E-state index in [0.717, 1.165) is 17.9 Å². The predicted molar refractivity (Wildman–Crippen MR) is 93.5 cm³/mol. The lowest BCUT2D eigenvalue weighted by Gasteiger charge is -2.22. The van der Waals surface area contributed by atoms with Gasteiger partial charge in [0.2, 0.25) is 5.91 Å². The minimum atomic E-state index is -0.706. The number of carbonyl (C=O) groups is 1. The van der Waals surface area contributed by atoms with Crippen LogP contribution in [0.2, 0.25) is 0 Å². The van der Waals surface area contributed by atoms with Crippen LogP contribution in [0.15, 0.2) is 24.3 Å². The molecule has 0 bridgehead atoms. The Morgan fingerprint density at radius 2 is 1.91 bits per heavy atom. The molecule has 4 heteroatoms. The minimum absolute atomic E-state index is 0.0192. The molecule has 2 atom stereocenters. The maximum Gasteiger partial charge on any atom is 0.220 e. The molecule has 2 N–H and O–H groups in total. The first-order chi connectivity index (χ1) is 10.4. The molecule has 0 aromatic heterocycles. The highest BCUT2D eigenvalue weighted by Gasteiger charge is 2.32. The molecule has 1 aliphatic rings. The second-order valence-electron chi connectivity index (χ2n) is 6.73. The zero-order valence-electron chi connectivity index (χ0n) is 13.8. The van der Waals surface area contributed by atoms with Crippen molar-refractivity contribution in [3.8, 4) is 0 Å². The quantitative estimate of drug-likeness (QED) is 0.845. The molecule has 0 aliphatic carbocycles. The predicted octanol–water partition coefficient (Wildman–Crippen LogP) is 3.29. The lowest BCUT2D eigenvalue weighted by Crippen LogP contribution is -2.43. The molecule has 1 amide bonds. The van der Waals surface area contributed by atoms with Crippen LogP contribution in [0.25, 0.3) is 0 Å². The summed E-state index contributed by atoms with van der Waals surface area (Å²) in [5, 5.41) is 13.1. The second-order valence-corrected chi connectivity index (χ2v) is 7.84. The van der Waals surface area contributed by atoms with Crippen LogP contribution in [0.1, 0.15) is 56.6 Å². The molecule has 1 aromatic rings. The summed E-state index contributed by atoms with van der Waals surface area (Å²) in [6.45, 7) is 6.80. The Bertz CT molecular complexity index is 492. The molecular weight excluding hydrogens is 294 g/mol. The van der Waals surface area contributed by atoms with Gasteiger partial charge in [-0.15, -0.1) is 0 Å². The minimum Gasteiger partial charge on any atom is -0.387 e. The number of nitrogens with one attached hydrogen (secondary N) is 1. The van der Waals surface area contributed by atoms with E-state index in [-0.39, 0.29) is 11.8 Å². The van der Waals surface area contributed by atoms with Gasteiger partial charge in [0.1, 0.15) is 0 Å². The SMILES string of the molecule is CC(C)c1ccc(C(C)CC(=O)NCC2(O)CCSC2)cc1. The first-order valence-electron chi connectivity index (χ1n) is 8.06. The Balaban J connectivity index is 1.82. The van der Waals surface area contributed by atoms with Gasteiger partial charge in [-0.3, -0.25) is 4.79 Å². The fourth-order valence-electron chi connectivity index (χ4n) is 2.68. The Hall–Kier alpha value is -1.00. The van der Waals surface area contributed by atoms with Gasteiger partial charge >= 0.3 is 0 Å². The molecule has 0 saturated carbocycles. The molecule has 3 nitrogen and oxygen atoms in total. The van der Waals surface area contributed by atoms with Crippen molar-refractivity contribution in [3.05, 3.63) is 35.4 Å². The van der Waals surface area contributed by atoms with E-state index in [0.29, 0.717) is 18.9 Å². The highest BCUT2D eigenvalue weighted by Crippen LogP contribution is 2.27. The van der Waals surface area contributed by atoms with Crippen LogP contribution in [0, 0.1) is 0 Å². The maximum absolute atomic E-state index is 12.1. The highest BCUT2D eigenvalue weighted by molar-refractivity contribution is 7.99. The zero-order valence-corrected chi connectivity index (χ0v) is 14.6. The van der Waals surface area contributed by atoms with Crippen LogP contribution < -0.4 is 5.32 Å². The summed E-state index contributed by atoms with van der Waals surface area (Å²) < 4.78 is 0. The Kier molecular flexibility index (Phi) is 5.93. The van der Waals surface area contributed by atoms with Crippen molar-refractivity contribution in [2.24, 2.45) is 0 Å². The van der Waals surface area contributed by atoms with E-state index < -0.39 is 5.60 Å². The summed E-state index contributed by atoms with van der Waals surface area (Å²) in [6.07, 6.45) is 1.23. The average molecular weight is 321 g/mol. The van der Waals surface area contributed by atoms with Gasteiger partial charge in [-0.05, 0) is 35.1 Å². The third kappa shape index (κ3) is 4.75. The first kappa shape index (κ1) is 17.4. The van der Waals surface area contributed by atoms with E-state index in [2.05, 4.69) is 50.4 Å². The van der Waals surface area contributed by atoms with E-state index in [1.54, 1.807) is 11.8 Å². The molecular formula is C18H27NO2S. The molecule has 0 spiro atoms. The molecule has 2 rings (SSSR count). The number of amides is 1. The molecule has 1 saturated heterocycles. The van der Waals surface area contributed by atoms with E-state index in [9.17, 15) is 9.90 Å². The van der Waals surface area contributed by atoms with Gasteiger partial charge in [-0.1, -0.05) is 45.0 Å². The van der Waals surface area contributed by atoms with Crippen molar-refractivity contribution >= 4 is 17.7 Å². The summed E-state index contributed by atoms with van der Waals surface area (Å²) in [5.41, 5.74) is 1.80. The summed E-state index contributed by atoms with van der Waals surface area (Å²) in [7, 11) is 0. The average Bonchev–Trinajstić information content (AvgIpc) is 2.92. The van der Waals surface area contributed by atoms with Gasteiger partial charge in [0, 0.05) is 18.7 Å². The van der Waals surface area contributed by atoms with Gasteiger partial charge in [-0.25, -0.2) is 0 Å². The topological polar surface area (TPSA) is 49.3 Å². The summed E-state index contributed by atoms with van der Waals surface area (Å²) in [6, 6.07) is 8.53. The van der Waals surface area contributed by atoms with Gasteiger partial charge in [0.15, 0.2) is 0 Å². The van der Waals surface area contributed by atoms with Crippen LogP contribution in [0.3, 0.4) is 0 Å². The molecule has 1 aliphatic heterocycles. The summed E-state index contributed by atoms with van der Waals surface area (Å²) >= 11 is 1.75. The Labute approximate surface area is 137 Å². The zero-order chi connectivity index (χ0) is 16.2. The van der Waals surface area contributed by atoms with Crippen molar-refractivity contribution in [3.63, 3.8) is 0 Å². The maximum atomic E-state index is 12.1. The van der Waals surface area contributed by atoms with Gasteiger partial charge < -0.3 is 10.4 Å². The number of benzene rings is 1. The van der Waals surface area contributed by atoms with E-state index >= 15 is 0 Å². The third-order valence-corrected chi connectivity index (χ3v) is 5.60. The van der Waals surface area contributed by atoms with Crippen molar-refractivity contribution in [2.45, 2.75) is 51.0 Å². The van der Waals surface area contributed by atoms with Crippen molar-refractivity contribution in [1.29, 1.82) is 0 Å². The Morgan fingerprint density at radius 3 is 2.45 bits per heavy atom. The smallest absolute Gasteiger partial charge is 0.220 e.